The Morgan fingerprint density at radius 1 is 1.24 bits per heavy atom. The largest absolute Gasteiger partial charge is 0.487 e. The summed E-state index contributed by atoms with van der Waals surface area (Å²) in [7, 11) is 0. The molecule has 0 fully saturated rings. The van der Waals surface area contributed by atoms with Gasteiger partial charge in [-0.05, 0) is 37.0 Å². The number of carbonyl (C=O) groups is 1. The van der Waals surface area contributed by atoms with Crippen LogP contribution in [0.2, 0.25) is 0 Å². The molecule has 0 saturated carbocycles. The molecule has 10 heteroatoms. The monoisotopic (exact) mass is 485 g/mol. The number of aryl methyl sites for hydroxylation is 1. The van der Waals surface area contributed by atoms with Crippen molar-refractivity contribution < 1.29 is 9.53 Å². The van der Waals surface area contributed by atoms with E-state index in [9.17, 15) is 14.4 Å². The molecule has 3 N–H and O–H groups in total. The standard InChI is InChI=1S/C24H31N5O4S/c1-14(2)10-28(20-21(25)29(11-15(3)4)24(32)27-22(20)30)23(31)17-7-6-8-19(9-17)33-12-18-13-34-16(5)26-18/h6-9,13-15H,10-12,25H2,1-5H3,(H,27,30,32). The van der Waals surface area contributed by atoms with Crippen LogP contribution in [0.1, 0.15) is 48.8 Å². The lowest BCUT2D eigenvalue weighted by Gasteiger charge is -2.26. The Kier molecular flexibility index (Phi) is 7.93. The SMILES string of the molecule is Cc1nc(COc2cccc(C(=O)N(CC(C)C)c3c(N)n(CC(C)C)c(=O)[nH]c3=O)c2)cs1. The Hall–Kier alpha value is -3.40. The molecule has 3 rings (SSSR count). The molecular formula is C24H31N5O4S. The van der Waals surface area contributed by atoms with Gasteiger partial charge in [0.1, 0.15) is 18.2 Å². The highest BCUT2D eigenvalue weighted by molar-refractivity contribution is 7.09. The second-order valence-electron chi connectivity index (χ2n) is 8.98. The Morgan fingerprint density at radius 2 is 1.97 bits per heavy atom. The van der Waals surface area contributed by atoms with E-state index in [1.807, 2.05) is 40.0 Å². The number of benzene rings is 1. The smallest absolute Gasteiger partial charge is 0.330 e. The summed E-state index contributed by atoms with van der Waals surface area (Å²) in [5.41, 5.74) is 6.13. The number of hydrogen-bond donors (Lipinski definition) is 2. The number of ether oxygens (including phenoxy) is 1. The molecule has 0 radical (unpaired) electrons. The first kappa shape index (κ1) is 25.2. The van der Waals surface area contributed by atoms with Crippen LogP contribution in [0.4, 0.5) is 11.5 Å². The maximum atomic E-state index is 13.6. The van der Waals surface area contributed by atoms with Gasteiger partial charge in [-0.3, -0.25) is 19.1 Å². The number of H-pyrrole nitrogens is 1. The van der Waals surface area contributed by atoms with E-state index in [1.54, 1.807) is 35.6 Å². The zero-order valence-electron chi connectivity index (χ0n) is 20.1. The Balaban J connectivity index is 1.97. The van der Waals surface area contributed by atoms with Crippen molar-refractivity contribution in [2.24, 2.45) is 11.8 Å². The van der Waals surface area contributed by atoms with E-state index in [2.05, 4.69) is 9.97 Å². The van der Waals surface area contributed by atoms with Gasteiger partial charge in [0.05, 0.1) is 10.7 Å². The Morgan fingerprint density at radius 3 is 2.59 bits per heavy atom. The minimum absolute atomic E-state index is 0.0248. The van der Waals surface area contributed by atoms with Crippen LogP contribution in [-0.4, -0.2) is 27.0 Å². The van der Waals surface area contributed by atoms with Gasteiger partial charge in [0, 0.05) is 24.0 Å². The first-order valence-electron chi connectivity index (χ1n) is 11.1. The van der Waals surface area contributed by atoms with Gasteiger partial charge in [-0.15, -0.1) is 11.3 Å². The Bertz CT molecular complexity index is 1270. The van der Waals surface area contributed by atoms with E-state index in [4.69, 9.17) is 10.5 Å². The second kappa shape index (κ2) is 10.7. The normalized spacial score (nSPS) is 11.3. The van der Waals surface area contributed by atoms with Gasteiger partial charge in [0.2, 0.25) is 0 Å². The maximum absolute atomic E-state index is 13.6. The lowest BCUT2D eigenvalue weighted by molar-refractivity contribution is 0.0983. The fraction of sp³-hybridized carbons (Fsp3) is 0.417. The zero-order chi connectivity index (χ0) is 25.0. The van der Waals surface area contributed by atoms with Crippen LogP contribution in [0.25, 0.3) is 0 Å². The van der Waals surface area contributed by atoms with Gasteiger partial charge in [0.15, 0.2) is 5.69 Å². The van der Waals surface area contributed by atoms with Crippen LogP contribution in [0, 0.1) is 18.8 Å². The van der Waals surface area contributed by atoms with Crippen molar-refractivity contribution in [3.8, 4) is 5.75 Å². The molecule has 1 amide bonds. The number of anilines is 2. The number of hydrogen-bond acceptors (Lipinski definition) is 7. The number of carbonyl (C=O) groups excluding carboxylic acids is 1. The Labute approximate surface area is 202 Å². The third-order valence-electron chi connectivity index (χ3n) is 4.96. The van der Waals surface area contributed by atoms with E-state index in [-0.39, 0.29) is 36.5 Å². The third kappa shape index (κ3) is 5.93. The highest BCUT2D eigenvalue weighted by Gasteiger charge is 2.26. The molecule has 0 unspecified atom stereocenters. The molecule has 2 aromatic heterocycles. The molecule has 0 bridgehead atoms. The highest BCUT2D eigenvalue weighted by atomic mass is 32.1. The van der Waals surface area contributed by atoms with Crippen molar-refractivity contribution in [2.45, 2.75) is 47.8 Å². The number of nitrogens with two attached hydrogens (primary N) is 1. The molecule has 182 valence electrons. The summed E-state index contributed by atoms with van der Waals surface area (Å²) in [5, 5.41) is 2.88. The zero-order valence-corrected chi connectivity index (χ0v) is 20.9. The quantitative estimate of drug-likeness (QED) is 0.479. The molecule has 9 nitrogen and oxygen atoms in total. The van der Waals surface area contributed by atoms with E-state index in [0.717, 1.165) is 10.7 Å². The predicted molar refractivity (Wildman–Crippen MR) is 135 cm³/mol. The first-order chi connectivity index (χ1) is 16.1. The van der Waals surface area contributed by atoms with Gasteiger partial charge in [-0.1, -0.05) is 33.8 Å². The van der Waals surface area contributed by atoms with Gasteiger partial charge < -0.3 is 15.4 Å². The van der Waals surface area contributed by atoms with Crippen molar-refractivity contribution in [1.82, 2.24) is 14.5 Å². The molecule has 0 saturated heterocycles. The van der Waals surface area contributed by atoms with E-state index in [1.165, 1.54) is 9.47 Å². The predicted octanol–water partition coefficient (Wildman–Crippen LogP) is 3.42. The van der Waals surface area contributed by atoms with Crippen molar-refractivity contribution >= 4 is 28.7 Å². The second-order valence-corrected chi connectivity index (χ2v) is 10.0. The summed E-state index contributed by atoms with van der Waals surface area (Å²) < 4.78 is 7.13. The summed E-state index contributed by atoms with van der Waals surface area (Å²) in [4.78, 5) is 46.8. The average molecular weight is 486 g/mol. The molecule has 34 heavy (non-hydrogen) atoms. The van der Waals surface area contributed by atoms with E-state index < -0.39 is 17.2 Å². The molecule has 2 heterocycles. The number of thiazole rings is 1. The van der Waals surface area contributed by atoms with Crippen LogP contribution in [-0.2, 0) is 13.2 Å². The van der Waals surface area contributed by atoms with Gasteiger partial charge in [-0.25, -0.2) is 9.78 Å². The van der Waals surface area contributed by atoms with Gasteiger partial charge >= 0.3 is 5.69 Å². The molecule has 0 atom stereocenters. The summed E-state index contributed by atoms with van der Waals surface area (Å²) in [6.45, 7) is 10.5. The summed E-state index contributed by atoms with van der Waals surface area (Å²) >= 11 is 1.54. The fourth-order valence-electron chi connectivity index (χ4n) is 3.53. The van der Waals surface area contributed by atoms with E-state index in [0.29, 0.717) is 17.9 Å². The number of nitrogen functional groups attached to an aromatic ring is 1. The number of amides is 1. The molecule has 0 spiro atoms. The third-order valence-corrected chi connectivity index (χ3v) is 5.78. The number of aromatic nitrogens is 3. The van der Waals surface area contributed by atoms with Crippen molar-refractivity contribution in [2.75, 3.05) is 17.2 Å². The summed E-state index contributed by atoms with van der Waals surface area (Å²) in [6, 6.07) is 6.76. The van der Waals surface area contributed by atoms with Crippen LogP contribution < -0.4 is 26.6 Å². The number of nitrogens with one attached hydrogen (secondary N) is 1. The first-order valence-corrected chi connectivity index (χ1v) is 12.0. The minimum Gasteiger partial charge on any atom is -0.487 e. The molecule has 0 aliphatic carbocycles. The van der Waals surface area contributed by atoms with Crippen LogP contribution in [0.15, 0.2) is 39.2 Å². The number of nitrogens with zero attached hydrogens (tertiary/aromatic N) is 3. The van der Waals surface area contributed by atoms with Crippen LogP contribution in [0.3, 0.4) is 0 Å². The fourth-order valence-corrected chi connectivity index (χ4v) is 4.13. The van der Waals surface area contributed by atoms with Crippen LogP contribution >= 0.6 is 11.3 Å². The highest BCUT2D eigenvalue weighted by Crippen LogP contribution is 2.23. The lowest BCUT2D eigenvalue weighted by atomic mass is 10.1. The molecule has 3 aromatic rings. The molecule has 0 aliphatic heterocycles. The molecule has 1 aromatic carbocycles. The van der Waals surface area contributed by atoms with Crippen molar-refractivity contribution in [3.05, 3.63) is 66.7 Å². The molecule has 0 aliphatic rings. The van der Waals surface area contributed by atoms with Crippen LogP contribution in [0.5, 0.6) is 5.75 Å². The van der Waals surface area contributed by atoms with Gasteiger partial charge in [-0.2, -0.15) is 0 Å². The topological polar surface area (TPSA) is 123 Å². The number of aromatic amines is 1. The summed E-state index contributed by atoms with van der Waals surface area (Å²) in [6.07, 6.45) is 0. The van der Waals surface area contributed by atoms with Crippen molar-refractivity contribution in [1.29, 1.82) is 0 Å². The minimum atomic E-state index is -0.692. The average Bonchev–Trinajstić information content (AvgIpc) is 3.19. The molecular weight excluding hydrogens is 454 g/mol. The lowest BCUT2D eigenvalue weighted by Crippen LogP contribution is -2.43. The summed E-state index contributed by atoms with van der Waals surface area (Å²) in [5.74, 6) is 0.231. The maximum Gasteiger partial charge on any atom is 0.330 e. The van der Waals surface area contributed by atoms with Crippen molar-refractivity contribution in [3.63, 3.8) is 0 Å². The van der Waals surface area contributed by atoms with E-state index >= 15 is 0 Å². The number of rotatable bonds is 9. The van der Waals surface area contributed by atoms with Gasteiger partial charge in [0.25, 0.3) is 11.5 Å².